The van der Waals surface area contributed by atoms with Gasteiger partial charge in [-0.25, -0.2) is 9.59 Å². The molecule has 21 heavy (non-hydrogen) atoms. The van der Waals surface area contributed by atoms with Crippen LogP contribution in [0.1, 0.15) is 51.4 Å². The third kappa shape index (κ3) is 5.53. The molecule has 120 valence electrons. The van der Waals surface area contributed by atoms with Gasteiger partial charge in [0, 0.05) is 13.1 Å². The van der Waals surface area contributed by atoms with E-state index in [4.69, 9.17) is 9.84 Å². The average Bonchev–Trinajstić information content (AvgIpc) is 3.12. The minimum atomic E-state index is -0.922. The molecule has 6 heteroatoms. The topological polar surface area (TPSA) is 87.7 Å². The highest BCUT2D eigenvalue weighted by Gasteiger charge is 2.30. The summed E-state index contributed by atoms with van der Waals surface area (Å²) in [5, 5.41) is 14.4. The van der Waals surface area contributed by atoms with Crippen LogP contribution in [0.15, 0.2) is 0 Å². The average molecular weight is 298 g/mol. The zero-order valence-corrected chi connectivity index (χ0v) is 12.5. The van der Waals surface area contributed by atoms with Crippen molar-refractivity contribution in [3.8, 4) is 0 Å². The van der Waals surface area contributed by atoms with Crippen molar-refractivity contribution in [1.82, 2.24) is 10.6 Å². The maximum absolute atomic E-state index is 11.6. The molecule has 0 radical (unpaired) electrons. The lowest BCUT2D eigenvalue weighted by atomic mass is 10.0. The molecule has 2 aliphatic rings. The molecule has 2 atom stereocenters. The molecule has 2 rings (SSSR count). The quantitative estimate of drug-likeness (QED) is 0.626. The molecule has 2 fully saturated rings. The number of carboxylic acids is 1. The van der Waals surface area contributed by atoms with Crippen molar-refractivity contribution in [3.63, 3.8) is 0 Å². The molecule has 3 N–H and O–H groups in total. The van der Waals surface area contributed by atoms with E-state index < -0.39 is 12.1 Å². The van der Waals surface area contributed by atoms with Gasteiger partial charge in [0.05, 0.1) is 6.10 Å². The van der Waals surface area contributed by atoms with Crippen LogP contribution in [-0.4, -0.2) is 42.4 Å². The van der Waals surface area contributed by atoms with E-state index in [9.17, 15) is 9.59 Å². The van der Waals surface area contributed by atoms with Gasteiger partial charge in [0.15, 0.2) is 6.10 Å². The van der Waals surface area contributed by atoms with Crippen LogP contribution >= 0.6 is 0 Å². The lowest BCUT2D eigenvalue weighted by Crippen LogP contribution is -2.40. The highest BCUT2D eigenvalue weighted by molar-refractivity contribution is 5.74. The van der Waals surface area contributed by atoms with Crippen molar-refractivity contribution in [3.05, 3.63) is 0 Å². The van der Waals surface area contributed by atoms with Gasteiger partial charge < -0.3 is 20.5 Å². The van der Waals surface area contributed by atoms with Gasteiger partial charge >= 0.3 is 12.0 Å². The summed E-state index contributed by atoms with van der Waals surface area (Å²) in [4.78, 5) is 22.4. The standard InChI is InChI=1S/C15H26N2O4/c18-14(19)13-8-7-12(21-13)10-17-15(20)16-9-3-6-11-4-1-2-5-11/h11-13H,1-10H2,(H,18,19)(H2,16,17,20). The molecule has 1 saturated carbocycles. The summed E-state index contributed by atoms with van der Waals surface area (Å²) in [5.74, 6) is -0.0661. The highest BCUT2D eigenvalue weighted by Crippen LogP contribution is 2.28. The largest absolute Gasteiger partial charge is 0.479 e. The van der Waals surface area contributed by atoms with Gasteiger partial charge in [0.2, 0.25) is 0 Å². The van der Waals surface area contributed by atoms with Crippen molar-refractivity contribution < 1.29 is 19.4 Å². The number of carboxylic acid groups (broad SMARTS) is 1. The monoisotopic (exact) mass is 298 g/mol. The molecular formula is C15H26N2O4. The first kappa shape index (κ1) is 16.1. The number of hydrogen-bond acceptors (Lipinski definition) is 3. The first-order valence-electron chi connectivity index (χ1n) is 8.05. The molecule has 2 amide bonds. The highest BCUT2D eigenvalue weighted by atomic mass is 16.5. The lowest BCUT2D eigenvalue weighted by molar-refractivity contribution is -0.149. The Morgan fingerprint density at radius 1 is 1.10 bits per heavy atom. The van der Waals surface area contributed by atoms with Crippen LogP contribution in [0.2, 0.25) is 0 Å². The normalized spacial score (nSPS) is 25.9. The van der Waals surface area contributed by atoms with E-state index >= 15 is 0 Å². The van der Waals surface area contributed by atoms with Gasteiger partial charge in [-0.3, -0.25) is 0 Å². The molecule has 1 aliphatic carbocycles. The summed E-state index contributed by atoms with van der Waals surface area (Å²) in [6, 6.07) is -0.191. The first-order chi connectivity index (χ1) is 10.1. The number of carbonyl (C=O) groups is 2. The van der Waals surface area contributed by atoms with Crippen LogP contribution in [0, 0.1) is 5.92 Å². The molecule has 2 unspecified atom stereocenters. The van der Waals surface area contributed by atoms with E-state index in [-0.39, 0.29) is 12.1 Å². The molecule has 1 aliphatic heterocycles. The molecule has 1 saturated heterocycles. The number of urea groups is 1. The summed E-state index contributed by atoms with van der Waals surface area (Å²) in [6.07, 6.45) is 7.93. The maximum Gasteiger partial charge on any atom is 0.332 e. The number of amides is 2. The first-order valence-corrected chi connectivity index (χ1v) is 8.05. The minimum Gasteiger partial charge on any atom is -0.479 e. The second kappa shape index (κ2) is 8.22. The molecule has 6 nitrogen and oxygen atoms in total. The van der Waals surface area contributed by atoms with Crippen LogP contribution in [0.25, 0.3) is 0 Å². The minimum absolute atomic E-state index is 0.185. The van der Waals surface area contributed by atoms with E-state index in [1.165, 1.54) is 32.1 Å². The summed E-state index contributed by atoms with van der Waals surface area (Å²) in [5.41, 5.74) is 0. The number of rotatable bonds is 7. The third-order valence-electron chi connectivity index (χ3n) is 4.42. The number of hydrogen-bond donors (Lipinski definition) is 3. The van der Waals surface area contributed by atoms with E-state index in [1.54, 1.807) is 0 Å². The molecule has 0 aromatic heterocycles. The van der Waals surface area contributed by atoms with Crippen molar-refractivity contribution in [2.24, 2.45) is 5.92 Å². The van der Waals surface area contributed by atoms with Crippen LogP contribution < -0.4 is 10.6 Å². The molecule has 0 aromatic rings. The van der Waals surface area contributed by atoms with E-state index in [1.807, 2.05) is 0 Å². The Kier molecular flexibility index (Phi) is 6.29. The summed E-state index contributed by atoms with van der Waals surface area (Å²) in [6.45, 7) is 1.07. The Bertz CT molecular complexity index is 356. The number of carbonyl (C=O) groups excluding carboxylic acids is 1. The smallest absolute Gasteiger partial charge is 0.332 e. The Hall–Kier alpha value is -1.30. The van der Waals surface area contributed by atoms with Crippen molar-refractivity contribution in [2.45, 2.75) is 63.6 Å². The number of nitrogens with one attached hydrogen (secondary N) is 2. The van der Waals surface area contributed by atoms with Gasteiger partial charge in [0.25, 0.3) is 0 Å². The van der Waals surface area contributed by atoms with Gasteiger partial charge in [-0.15, -0.1) is 0 Å². The Morgan fingerprint density at radius 2 is 1.86 bits per heavy atom. The zero-order valence-electron chi connectivity index (χ0n) is 12.5. The summed E-state index contributed by atoms with van der Waals surface area (Å²) >= 11 is 0. The Morgan fingerprint density at radius 3 is 2.52 bits per heavy atom. The van der Waals surface area contributed by atoms with Crippen molar-refractivity contribution in [1.29, 1.82) is 0 Å². The number of aliphatic carboxylic acids is 1. The van der Waals surface area contributed by atoms with Crippen LogP contribution in [0.5, 0.6) is 0 Å². The predicted octanol–water partition coefficient (Wildman–Crippen LogP) is 1.89. The fourth-order valence-electron chi connectivity index (χ4n) is 3.20. The van der Waals surface area contributed by atoms with Crippen LogP contribution in [0.3, 0.4) is 0 Å². The van der Waals surface area contributed by atoms with Gasteiger partial charge in [-0.2, -0.15) is 0 Å². The van der Waals surface area contributed by atoms with E-state index in [2.05, 4.69) is 10.6 Å². The SMILES string of the molecule is O=C(NCCCC1CCCC1)NCC1CCC(C(=O)O)O1. The fourth-order valence-corrected chi connectivity index (χ4v) is 3.20. The second-order valence-electron chi connectivity index (χ2n) is 6.09. The number of ether oxygens (including phenoxy) is 1. The Balaban J connectivity index is 1.48. The molecule has 1 heterocycles. The Labute approximate surface area is 125 Å². The van der Waals surface area contributed by atoms with E-state index in [0.717, 1.165) is 12.3 Å². The molecule has 0 bridgehead atoms. The van der Waals surface area contributed by atoms with Gasteiger partial charge in [0.1, 0.15) is 0 Å². The summed E-state index contributed by atoms with van der Waals surface area (Å²) in [7, 11) is 0. The van der Waals surface area contributed by atoms with Crippen molar-refractivity contribution >= 4 is 12.0 Å². The van der Waals surface area contributed by atoms with Gasteiger partial charge in [-0.05, 0) is 31.6 Å². The second-order valence-corrected chi connectivity index (χ2v) is 6.09. The predicted molar refractivity (Wildman–Crippen MR) is 78.1 cm³/mol. The van der Waals surface area contributed by atoms with Crippen molar-refractivity contribution in [2.75, 3.05) is 13.1 Å². The zero-order chi connectivity index (χ0) is 15.1. The van der Waals surface area contributed by atoms with Crippen LogP contribution in [-0.2, 0) is 9.53 Å². The lowest BCUT2D eigenvalue weighted by Gasteiger charge is -2.13. The maximum atomic E-state index is 11.6. The van der Waals surface area contributed by atoms with Crippen LogP contribution in [0.4, 0.5) is 4.79 Å². The molecular weight excluding hydrogens is 272 g/mol. The molecule has 0 aromatic carbocycles. The molecule has 0 spiro atoms. The van der Waals surface area contributed by atoms with Gasteiger partial charge in [-0.1, -0.05) is 25.7 Å². The third-order valence-corrected chi connectivity index (χ3v) is 4.42. The fraction of sp³-hybridized carbons (Fsp3) is 0.867. The summed E-state index contributed by atoms with van der Waals surface area (Å²) < 4.78 is 5.32. The van der Waals surface area contributed by atoms with E-state index in [0.29, 0.717) is 25.9 Å².